The van der Waals surface area contributed by atoms with Crippen molar-refractivity contribution in [1.29, 1.82) is 0 Å². The minimum Gasteiger partial charge on any atom is -0.368 e. The van der Waals surface area contributed by atoms with Gasteiger partial charge in [-0.2, -0.15) is 4.98 Å². The smallest absolute Gasteiger partial charge is 0.228 e. The van der Waals surface area contributed by atoms with Crippen LogP contribution in [0.2, 0.25) is 5.15 Å². The summed E-state index contributed by atoms with van der Waals surface area (Å²) in [4.78, 5) is 32.2. The summed E-state index contributed by atoms with van der Waals surface area (Å²) in [5.74, 6) is 1.18. The molecule has 8 heteroatoms. The molecule has 2 heterocycles. The van der Waals surface area contributed by atoms with Crippen LogP contribution in [-0.2, 0) is 9.59 Å². The molecule has 1 saturated heterocycles. The van der Waals surface area contributed by atoms with Crippen molar-refractivity contribution in [3.05, 3.63) is 11.2 Å². The third-order valence-electron chi connectivity index (χ3n) is 2.70. The van der Waals surface area contributed by atoms with E-state index in [2.05, 4.69) is 9.97 Å². The average Bonchev–Trinajstić information content (AvgIpc) is 2.66. The van der Waals surface area contributed by atoms with Gasteiger partial charge in [0.25, 0.3) is 0 Å². The lowest BCUT2D eigenvalue weighted by Crippen LogP contribution is -2.26. The van der Waals surface area contributed by atoms with E-state index in [9.17, 15) is 9.59 Å². The summed E-state index contributed by atoms with van der Waals surface area (Å²) in [6.07, 6.45) is 0.405. The number of anilines is 2. The van der Waals surface area contributed by atoms with Crippen LogP contribution in [0.15, 0.2) is 6.07 Å². The molecular weight excluding hydrogens is 288 g/mol. The SMILES string of the molecule is CC(=O)SCC1CC(=O)N(c2cc(Cl)nc(N)n2)C1. The summed E-state index contributed by atoms with van der Waals surface area (Å²) in [5, 5.41) is 0.261. The minimum atomic E-state index is -0.0386. The Kier molecular flexibility index (Phi) is 4.26. The van der Waals surface area contributed by atoms with Gasteiger partial charge >= 0.3 is 0 Å². The number of halogens is 1. The molecule has 1 aromatic rings. The number of hydrogen-bond donors (Lipinski definition) is 1. The van der Waals surface area contributed by atoms with Crippen LogP contribution < -0.4 is 10.6 Å². The average molecular weight is 301 g/mol. The highest BCUT2D eigenvalue weighted by Crippen LogP contribution is 2.27. The summed E-state index contributed by atoms with van der Waals surface area (Å²) in [6.45, 7) is 2.04. The van der Waals surface area contributed by atoms with E-state index in [0.29, 0.717) is 24.5 Å². The van der Waals surface area contributed by atoms with Gasteiger partial charge in [-0.05, 0) is 5.92 Å². The van der Waals surface area contributed by atoms with Crippen molar-refractivity contribution < 1.29 is 9.59 Å². The topological polar surface area (TPSA) is 89.2 Å². The number of amides is 1. The Morgan fingerprint density at radius 2 is 2.37 bits per heavy atom. The Morgan fingerprint density at radius 1 is 1.63 bits per heavy atom. The van der Waals surface area contributed by atoms with Gasteiger partial charge in [-0.25, -0.2) is 4.98 Å². The third kappa shape index (κ3) is 3.57. The number of aromatic nitrogens is 2. The fourth-order valence-electron chi connectivity index (χ4n) is 1.91. The van der Waals surface area contributed by atoms with Crippen molar-refractivity contribution in [1.82, 2.24) is 9.97 Å². The molecule has 2 N–H and O–H groups in total. The van der Waals surface area contributed by atoms with Crippen LogP contribution in [0.5, 0.6) is 0 Å². The van der Waals surface area contributed by atoms with Crippen LogP contribution in [0.4, 0.5) is 11.8 Å². The van der Waals surface area contributed by atoms with Crippen molar-refractivity contribution >= 4 is 46.2 Å². The van der Waals surface area contributed by atoms with E-state index in [4.69, 9.17) is 17.3 Å². The highest BCUT2D eigenvalue weighted by Gasteiger charge is 2.31. The second kappa shape index (κ2) is 5.75. The van der Waals surface area contributed by atoms with E-state index in [0.717, 1.165) is 0 Å². The van der Waals surface area contributed by atoms with Crippen molar-refractivity contribution in [3.63, 3.8) is 0 Å². The number of carbonyl (C=O) groups excluding carboxylic acids is 2. The second-order valence-corrected chi connectivity index (χ2v) is 5.87. The monoisotopic (exact) mass is 300 g/mol. The Hall–Kier alpha value is -1.34. The number of nitrogen functional groups attached to an aromatic ring is 1. The third-order valence-corrected chi connectivity index (χ3v) is 3.94. The van der Waals surface area contributed by atoms with Crippen molar-refractivity contribution in [2.75, 3.05) is 22.9 Å². The highest BCUT2D eigenvalue weighted by molar-refractivity contribution is 8.13. The van der Waals surface area contributed by atoms with Gasteiger partial charge in [0.05, 0.1) is 0 Å². The molecule has 102 valence electrons. The number of nitrogens with two attached hydrogens (primary N) is 1. The lowest BCUT2D eigenvalue weighted by atomic mass is 10.1. The highest BCUT2D eigenvalue weighted by atomic mass is 35.5. The fraction of sp³-hybridized carbons (Fsp3) is 0.455. The molecule has 6 nitrogen and oxygen atoms in total. The van der Waals surface area contributed by atoms with Gasteiger partial charge in [-0.3, -0.25) is 14.5 Å². The standard InChI is InChI=1S/C11H13ClN4O2S/c1-6(17)19-5-7-2-10(18)16(4-7)9-3-8(12)14-11(13)15-9/h3,7H,2,4-5H2,1H3,(H2,13,14,15). The lowest BCUT2D eigenvalue weighted by molar-refractivity contribution is -0.117. The van der Waals surface area contributed by atoms with E-state index in [-0.39, 0.29) is 28.0 Å². The maximum absolute atomic E-state index is 11.9. The number of nitrogens with zero attached hydrogens (tertiary/aromatic N) is 3. The molecule has 1 aliphatic heterocycles. The van der Waals surface area contributed by atoms with Crippen LogP contribution >= 0.6 is 23.4 Å². The zero-order chi connectivity index (χ0) is 14.0. The first-order chi connectivity index (χ1) is 8.95. The summed E-state index contributed by atoms with van der Waals surface area (Å²) in [6, 6.07) is 1.51. The molecule has 0 radical (unpaired) electrons. The van der Waals surface area contributed by atoms with Crippen molar-refractivity contribution in [2.45, 2.75) is 13.3 Å². The second-order valence-electron chi connectivity index (χ2n) is 4.28. The van der Waals surface area contributed by atoms with Crippen LogP contribution in [0.1, 0.15) is 13.3 Å². The van der Waals surface area contributed by atoms with Crippen LogP contribution in [0, 0.1) is 5.92 Å². The van der Waals surface area contributed by atoms with Gasteiger partial charge in [0, 0.05) is 31.7 Å². The zero-order valence-electron chi connectivity index (χ0n) is 10.3. The quantitative estimate of drug-likeness (QED) is 0.848. The van der Waals surface area contributed by atoms with Gasteiger partial charge < -0.3 is 5.73 Å². The molecule has 19 heavy (non-hydrogen) atoms. The van der Waals surface area contributed by atoms with Crippen molar-refractivity contribution in [3.8, 4) is 0 Å². The van der Waals surface area contributed by atoms with E-state index < -0.39 is 0 Å². The molecule has 1 atom stereocenters. The Balaban J connectivity index is 2.09. The van der Waals surface area contributed by atoms with Crippen molar-refractivity contribution in [2.24, 2.45) is 5.92 Å². The molecule has 1 amide bonds. The Morgan fingerprint density at radius 3 is 3.00 bits per heavy atom. The zero-order valence-corrected chi connectivity index (χ0v) is 11.9. The molecule has 1 unspecified atom stereocenters. The van der Waals surface area contributed by atoms with Gasteiger partial charge in [0.15, 0.2) is 5.12 Å². The molecule has 1 fully saturated rings. The first kappa shape index (κ1) is 14.1. The molecule has 1 aromatic heterocycles. The van der Waals surface area contributed by atoms with Gasteiger partial charge in [0.1, 0.15) is 11.0 Å². The van der Waals surface area contributed by atoms with Gasteiger partial charge in [-0.15, -0.1) is 0 Å². The van der Waals surface area contributed by atoms with Gasteiger partial charge in [-0.1, -0.05) is 23.4 Å². The van der Waals surface area contributed by atoms with Gasteiger partial charge in [0.2, 0.25) is 11.9 Å². The molecule has 0 spiro atoms. The molecule has 0 bridgehead atoms. The molecule has 0 aliphatic carbocycles. The molecule has 2 rings (SSSR count). The summed E-state index contributed by atoms with van der Waals surface area (Å²) in [5.41, 5.74) is 5.51. The normalized spacial score (nSPS) is 18.9. The van der Waals surface area contributed by atoms with E-state index in [1.807, 2.05) is 0 Å². The Labute approximate surface area is 119 Å². The molecule has 0 aromatic carbocycles. The summed E-state index contributed by atoms with van der Waals surface area (Å²) < 4.78 is 0. The lowest BCUT2D eigenvalue weighted by Gasteiger charge is -2.15. The number of thioether (sulfide) groups is 1. The minimum absolute atomic E-state index is 0.0386. The summed E-state index contributed by atoms with van der Waals surface area (Å²) >= 11 is 7.03. The number of carbonyl (C=O) groups is 2. The first-order valence-electron chi connectivity index (χ1n) is 5.69. The maximum Gasteiger partial charge on any atom is 0.228 e. The predicted molar refractivity (Wildman–Crippen MR) is 75.1 cm³/mol. The first-order valence-corrected chi connectivity index (χ1v) is 7.06. The maximum atomic E-state index is 11.9. The van der Waals surface area contributed by atoms with E-state index in [1.54, 1.807) is 0 Å². The van der Waals surface area contributed by atoms with E-state index >= 15 is 0 Å². The Bertz CT molecular complexity index is 505. The molecular formula is C11H13ClN4O2S. The largest absolute Gasteiger partial charge is 0.368 e. The molecule has 0 saturated carbocycles. The number of hydrogen-bond acceptors (Lipinski definition) is 6. The van der Waals surface area contributed by atoms with Crippen LogP contribution in [0.3, 0.4) is 0 Å². The van der Waals surface area contributed by atoms with E-state index in [1.165, 1.54) is 29.7 Å². The predicted octanol–water partition coefficient (Wildman–Crippen LogP) is 1.34. The fourth-order valence-corrected chi connectivity index (χ4v) is 2.79. The number of rotatable bonds is 3. The van der Waals surface area contributed by atoms with Crippen LogP contribution in [0.25, 0.3) is 0 Å². The van der Waals surface area contributed by atoms with Crippen LogP contribution in [-0.4, -0.2) is 33.3 Å². The summed E-state index contributed by atoms with van der Waals surface area (Å²) in [7, 11) is 0. The molecule has 1 aliphatic rings.